The molecular weight excluding hydrogens is 276 g/mol. The highest BCUT2D eigenvalue weighted by atomic mass is 16.5. The Labute approximate surface area is 131 Å². The van der Waals surface area contributed by atoms with Gasteiger partial charge in [0, 0.05) is 31.0 Å². The van der Waals surface area contributed by atoms with E-state index in [9.17, 15) is 4.79 Å². The van der Waals surface area contributed by atoms with E-state index in [-0.39, 0.29) is 5.91 Å². The minimum atomic E-state index is 0.0142. The lowest BCUT2D eigenvalue weighted by molar-refractivity contribution is 0.0772. The number of nitrogens with zero attached hydrogens (tertiary/aromatic N) is 2. The van der Waals surface area contributed by atoms with E-state index in [0.29, 0.717) is 25.3 Å². The molecule has 2 rings (SSSR count). The first-order valence-corrected chi connectivity index (χ1v) is 7.67. The van der Waals surface area contributed by atoms with Crippen molar-refractivity contribution >= 4 is 5.91 Å². The first-order chi connectivity index (χ1) is 10.7. The molecule has 1 aromatic carbocycles. The Kier molecular flexibility index (Phi) is 5.53. The molecule has 1 heterocycles. The van der Waals surface area contributed by atoms with Gasteiger partial charge in [0.15, 0.2) is 0 Å². The van der Waals surface area contributed by atoms with E-state index >= 15 is 0 Å². The molecule has 2 aromatic rings. The van der Waals surface area contributed by atoms with Crippen LogP contribution in [0.25, 0.3) is 11.1 Å². The number of hydrogen-bond acceptors (Lipinski definition) is 3. The van der Waals surface area contributed by atoms with Gasteiger partial charge in [0.25, 0.3) is 5.91 Å². The Hall–Kier alpha value is -2.36. The van der Waals surface area contributed by atoms with Crippen LogP contribution in [0.5, 0.6) is 5.75 Å². The summed E-state index contributed by atoms with van der Waals surface area (Å²) in [6.45, 7) is 7.92. The topological polar surface area (TPSA) is 42.4 Å². The fraction of sp³-hybridized carbons (Fsp3) is 0.333. The van der Waals surface area contributed by atoms with E-state index in [2.05, 4.69) is 4.98 Å². The number of amides is 1. The Morgan fingerprint density at radius 2 is 1.86 bits per heavy atom. The average Bonchev–Trinajstić information content (AvgIpc) is 2.56. The molecule has 0 aliphatic carbocycles. The van der Waals surface area contributed by atoms with Gasteiger partial charge >= 0.3 is 0 Å². The van der Waals surface area contributed by atoms with Crippen LogP contribution in [-0.2, 0) is 0 Å². The lowest BCUT2D eigenvalue weighted by Gasteiger charge is -2.18. The molecule has 0 atom stereocenters. The molecule has 0 saturated carbocycles. The third-order valence-corrected chi connectivity index (χ3v) is 3.51. The van der Waals surface area contributed by atoms with Crippen molar-refractivity contribution in [2.45, 2.75) is 20.8 Å². The Bertz CT molecular complexity index is 636. The molecule has 4 nitrogen and oxygen atoms in total. The number of carbonyl (C=O) groups excluding carboxylic acids is 1. The maximum Gasteiger partial charge on any atom is 0.255 e. The summed E-state index contributed by atoms with van der Waals surface area (Å²) in [7, 11) is 0. The number of hydrogen-bond donors (Lipinski definition) is 0. The Balaban J connectivity index is 2.32. The van der Waals surface area contributed by atoms with Crippen LogP contribution in [0.4, 0.5) is 0 Å². The standard InChI is InChI=1S/C18H22N2O2/c1-4-20(5-2)18(21)16-10-15(12-19-13-16)14-8-7-9-17(11-14)22-6-3/h7-13H,4-6H2,1-3H3. The molecule has 0 aliphatic rings. The van der Waals surface area contributed by atoms with Crippen LogP contribution in [-0.4, -0.2) is 35.5 Å². The second-order valence-corrected chi connectivity index (χ2v) is 4.90. The van der Waals surface area contributed by atoms with Crippen molar-refractivity contribution in [3.63, 3.8) is 0 Å². The van der Waals surface area contributed by atoms with Gasteiger partial charge in [-0.25, -0.2) is 0 Å². The zero-order valence-corrected chi connectivity index (χ0v) is 13.4. The molecule has 22 heavy (non-hydrogen) atoms. The first-order valence-electron chi connectivity index (χ1n) is 7.67. The number of benzene rings is 1. The molecular formula is C18H22N2O2. The molecule has 0 fully saturated rings. The number of rotatable bonds is 6. The van der Waals surface area contributed by atoms with Crippen molar-refractivity contribution in [2.75, 3.05) is 19.7 Å². The van der Waals surface area contributed by atoms with E-state index in [0.717, 1.165) is 16.9 Å². The van der Waals surface area contributed by atoms with Gasteiger partial charge in [-0.05, 0) is 44.5 Å². The molecule has 0 bridgehead atoms. The highest BCUT2D eigenvalue weighted by Gasteiger charge is 2.13. The van der Waals surface area contributed by atoms with Crippen LogP contribution < -0.4 is 4.74 Å². The number of pyridine rings is 1. The second kappa shape index (κ2) is 7.59. The maximum absolute atomic E-state index is 12.4. The summed E-state index contributed by atoms with van der Waals surface area (Å²) in [6, 6.07) is 9.71. The monoisotopic (exact) mass is 298 g/mol. The lowest BCUT2D eigenvalue weighted by Crippen LogP contribution is -2.30. The van der Waals surface area contributed by atoms with Crippen molar-refractivity contribution in [2.24, 2.45) is 0 Å². The van der Waals surface area contributed by atoms with Crippen molar-refractivity contribution in [3.8, 4) is 16.9 Å². The van der Waals surface area contributed by atoms with Crippen molar-refractivity contribution in [1.82, 2.24) is 9.88 Å². The first kappa shape index (κ1) is 16.0. The Morgan fingerprint density at radius 3 is 2.55 bits per heavy atom. The number of aromatic nitrogens is 1. The van der Waals surface area contributed by atoms with E-state index in [1.54, 1.807) is 17.3 Å². The van der Waals surface area contributed by atoms with Crippen LogP contribution in [0.15, 0.2) is 42.7 Å². The van der Waals surface area contributed by atoms with Gasteiger partial charge in [0.05, 0.1) is 12.2 Å². The molecule has 1 amide bonds. The molecule has 0 spiro atoms. The second-order valence-electron chi connectivity index (χ2n) is 4.90. The highest BCUT2D eigenvalue weighted by molar-refractivity contribution is 5.95. The summed E-state index contributed by atoms with van der Waals surface area (Å²) in [5, 5.41) is 0. The molecule has 4 heteroatoms. The van der Waals surface area contributed by atoms with Crippen molar-refractivity contribution in [3.05, 3.63) is 48.3 Å². The van der Waals surface area contributed by atoms with Crippen LogP contribution in [0.2, 0.25) is 0 Å². The van der Waals surface area contributed by atoms with Gasteiger partial charge in [-0.1, -0.05) is 12.1 Å². The third-order valence-electron chi connectivity index (χ3n) is 3.51. The quantitative estimate of drug-likeness (QED) is 0.818. The van der Waals surface area contributed by atoms with Crippen molar-refractivity contribution in [1.29, 1.82) is 0 Å². The Morgan fingerprint density at radius 1 is 1.09 bits per heavy atom. The van der Waals surface area contributed by atoms with Crippen LogP contribution in [0, 0.1) is 0 Å². The summed E-state index contributed by atoms with van der Waals surface area (Å²) in [4.78, 5) is 18.4. The zero-order valence-electron chi connectivity index (χ0n) is 13.4. The fourth-order valence-corrected chi connectivity index (χ4v) is 2.34. The third kappa shape index (κ3) is 3.64. The smallest absolute Gasteiger partial charge is 0.255 e. The molecule has 0 saturated heterocycles. The van der Waals surface area contributed by atoms with Gasteiger partial charge < -0.3 is 9.64 Å². The molecule has 0 N–H and O–H groups in total. The van der Waals surface area contributed by atoms with Crippen LogP contribution >= 0.6 is 0 Å². The summed E-state index contributed by atoms with van der Waals surface area (Å²) in [5.41, 5.74) is 2.52. The lowest BCUT2D eigenvalue weighted by atomic mass is 10.1. The van der Waals surface area contributed by atoms with E-state index in [1.165, 1.54) is 0 Å². The normalized spacial score (nSPS) is 10.3. The minimum Gasteiger partial charge on any atom is -0.494 e. The van der Waals surface area contributed by atoms with Gasteiger partial charge in [-0.3, -0.25) is 9.78 Å². The number of ether oxygens (including phenoxy) is 1. The predicted octanol–water partition coefficient (Wildman–Crippen LogP) is 3.63. The summed E-state index contributed by atoms with van der Waals surface area (Å²) < 4.78 is 5.52. The minimum absolute atomic E-state index is 0.0142. The molecule has 116 valence electrons. The fourth-order valence-electron chi connectivity index (χ4n) is 2.34. The van der Waals surface area contributed by atoms with Gasteiger partial charge in [-0.15, -0.1) is 0 Å². The van der Waals surface area contributed by atoms with E-state index in [1.807, 2.05) is 51.1 Å². The van der Waals surface area contributed by atoms with E-state index in [4.69, 9.17) is 4.74 Å². The van der Waals surface area contributed by atoms with Gasteiger partial charge in [0.1, 0.15) is 5.75 Å². The average molecular weight is 298 g/mol. The van der Waals surface area contributed by atoms with Crippen molar-refractivity contribution < 1.29 is 9.53 Å². The van der Waals surface area contributed by atoms with Gasteiger partial charge in [0.2, 0.25) is 0 Å². The molecule has 0 aliphatic heterocycles. The van der Waals surface area contributed by atoms with E-state index < -0.39 is 0 Å². The summed E-state index contributed by atoms with van der Waals surface area (Å²) in [5.74, 6) is 0.834. The zero-order chi connectivity index (χ0) is 15.9. The number of carbonyl (C=O) groups is 1. The molecule has 0 unspecified atom stereocenters. The molecule has 0 radical (unpaired) electrons. The van der Waals surface area contributed by atoms with Crippen LogP contribution in [0.1, 0.15) is 31.1 Å². The van der Waals surface area contributed by atoms with Crippen LogP contribution in [0.3, 0.4) is 0 Å². The SMILES string of the molecule is CCOc1cccc(-c2cncc(C(=O)N(CC)CC)c2)c1. The van der Waals surface area contributed by atoms with Gasteiger partial charge in [-0.2, -0.15) is 0 Å². The summed E-state index contributed by atoms with van der Waals surface area (Å²) in [6.07, 6.45) is 3.39. The highest BCUT2D eigenvalue weighted by Crippen LogP contribution is 2.24. The molecule has 1 aromatic heterocycles. The largest absolute Gasteiger partial charge is 0.494 e. The maximum atomic E-state index is 12.4. The summed E-state index contributed by atoms with van der Waals surface area (Å²) >= 11 is 0. The predicted molar refractivity (Wildman–Crippen MR) is 88.1 cm³/mol.